The van der Waals surface area contributed by atoms with E-state index in [1.807, 2.05) is 4.90 Å². The second kappa shape index (κ2) is 5.32. The van der Waals surface area contributed by atoms with E-state index in [0.29, 0.717) is 29.8 Å². The molecule has 3 nitrogen and oxygen atoms in total. The summed E-state index contributed by atoms with van der Waals surface area (Å²) in [5.41, 5.74) is 4.72. The summed E-state index contributed by atoms with van der Waals surface area (Å²) in [7, 11) is 0. The maximum absolute atomic E-state index is 12.5. The van der Waals surface area contributed by atoms with Gasteiger partial charge in [0, 0.05) is 25.2 Å². The largest absolute Gasteiger partial charge is 0.417 e. The van der Waals surface area contributed by atoms with Gasteiger partial charge in [0.15, 0.2) is 0 Å². The summed E-state index contributed by atoms with van der Waals surface area (Å²) in [5, 5.41) is 0. The zero-order chi connectivity index (χ0) is 14.0. The minimum Gasteiger partial charge on any atom is -0.393 e. The van der Waals surface area contributed by atoms with Gasteiger partial charge in [0.2, 0.25) is 0 Å². The Balaban J connectivity index is 2.11. The lowest BCUT2D eigenvalue weighted by Gasteiger charge is -2.23. The van der Waals surface area contributed by atoms with E-state index in [0.717, 1.165) is 25.1 Å². The van der Waals surface area contributed by atoms with E-state index in [1.165, 1.54) is 6.07 Å². The van der Waals surface area contributed by atoms with Gasteiger partial charge in [-0.1, -0.05) is 12.2 Å². The molecule has 0 unspecified atom stereocenters. The van der Waals surface area contributed by atoms with Gasteiger partial charge in [-0.3, -0.25) is 0 Å². The van der Waals surface area contributed by atoms with Crippen molar-refractivity contribution in [1.82, 2.24) is 4.98 Å². The van der Waals surface area contributed by atoms with Crippen LogP contribution < -0.4 is 10.6 Å². The molecule has 1 heterocycles. The fourth-order valence-electron chi connectivity index (χ4n) is 1.82. The van der Waals surface area contributed by atoms with Crippen molar-refractivity contribution < 1.29 is 13.2 Å². The monoisotopic (exact) mass is 289 g/mol. The second-order valence-electron chi connectivity index (χ2n) is 4.54. The first-order chi connectivity index (χ1) is 8.88. The Morgan fingerprint density at radius 2 is 2.11 bits per heavy atom. The van der Waals surface area contributed by atoms with Gasteiger partial charge in [0.25, 0.3) is 0 Å². The average molecular weight is 289 g/mol. The molecule has 0 saturated heterocycles. The van der Waals surface area contributed by atoms with Gasteiger partial charge in [-0.15, -0.1) is 0 Å². The van der Waals surface area contributed by atoms with Gasteiger partial charge in [-0.25, -0.2) is 4.98 Å². The highest BCUT2D eigenvalue weighted by molar-refractivity contribution is 7.80. The molecule has 2 N–H and O–H groups in total. The number of aromatic nitrogens is 1. The van der Waals surface area contributed by atoms with E-state index < -0.39 is 11.7 Å². The van der Waals surface area contributed by atoms with Crippen LogP contribution >= 0.6 is 12.2 Å². The van der Waals surface area contributed by atoms with Crippen molar-refractivity contribution in [1.29, 1.82) is 0 Å². The minimum atomic E-state index is -4.35. The van der Waals surface area contributed by atoms with Gasteiger partial charge in [-0.05, 0) is 25.0 Å². The molecule has 104 valence electrons. The van der Waals surface area contributed by atoms with Crippen LogP contribution in [-0.2, 0) is 6.18 Å². The number of hydrogen-bond donors (Lipinski definition) is 1. The van der Waals surface area contributed by atoms with Crippen LogP contribution in [0.15, 0.2) is 18.3 Å². The van der Waals surface area contributed by atoms with Crippen LogP contribution in [0, 0.1) is 0 Å². The third kappa shape index (κ3) is 3.79. The molecule has 0 amide bonds. The number of nitrogens with two attached hydrogens (primary N) is 1. The number of pyridine rings is 1. The summed E-state index contributed by atoms with van der Waals surface area (Å²) in [6, 6.07) is 2.80. The van der Waals surface area contributed by atoms with Gasteiger partial charge >= 0.3 is 6.18 Å². The van der Waals surface area contributed by atoms with E-state index in [9.17, 15) is 13.2 Å². The second-order valence-corrected chi connectivity index (χ2v) is 5.07. The quantitative estimate of drug-likeness (QED) is 0.846. The predicted molar refractivity (Wildman–Crippen MR) is 71.0 cm³/mol. The summed E-state index contributed by atoms with van der Waals surface area (Å²) in [5.74, 6) is 0.548. The molecular weight excluding hydrogens is 275 g/mol. The van der Waals surface area contributed by atoms with Crippen LogP contribution in [0.5, 0.6) is 0 Å². The molecular formula is C12H14F3N3S. The first-order valence-corrected chi connectivity index (χ1v) is 6.37. The Labute approximate surface area is 114 Å². The number of rotatable bonds is 5. The zero-order valence-corrected chi connectivity index (χ0v) is 11.0. The van der Waals surface area contributed by atoms with E-state index >= 15 is 0 Å². The Morgan fingerprint density at radius 3 is 2.53 bits per heavy atom. The van der Waals surface area contributed by atoms with Gasteiger partial charge < -0.3 is 10.6 Å². The maximum Gasteiger partial charge on any atom is 0.417 e. The Kier molecular flexibility index (Phi) is 3.93. The molecule has 2 rings (SSSR count). The first-order valence-electron chi connectivity index (χ1n) is 5.96. The summed E-state index contributed by atoms with van der Waals surface area (Å²) < 4.78 is 37.4. The summed E-state index contributed by atoms with van der Waals surface area (Å²) in [6.45, 7) is 0.596. The average Bonchev–Trinajstić information content (AvgIpc) is 3.13. The van der Waals surface area contributed by atoms with Crippen molar-refractivity contribution in [2.75, 3.05) is 11.4 Å². The lowest BCUT2D eigenvalue weighted by atomic mass is 10.2. The molecule has 0 radical (unpaired) electrons. The number of alkyl halides is 3. The fourth-order valence-corrected chi connectivity index (χ4v) is 1.92. The van der Waals surface area contributed by atoms with Crippen molar-refractivity contribution in [3.8, 4) is 0 Å². The highest BCUT2D eigenvalue weighted by Crippen LogP contribution is 2.33. The van der Waals surface area contributed by atoms with Crippen LogP contribution in [0.4, 0.5) is 19.0 Å². The fraction of sp³-hybridized carbons (Fsp3) is 0.500. The molecule has 1 aromatic heterocycles. The third-order valence-electron chi connectivity index (χ3n) is 2.96. The maximum atomic E-state index is 12.5. The van der Waals surface area contributed by atoms with Gasteiger partial charge in [0.05, 0.1) is 10.6 Å². The molecule has 19 heavy (non-hydrogen) atoms. The molecule has 0 atom stereocenters. The standard InChI is InChI=1S/C12H14F3N3S/c13-12(14,15)8-1-4-11(17-7-8)18(9-2-3-9)6-5-10(16)19/h1,4,7,9H,2-3,5-6H2,(H2,16,19). The lowest BCUT2D eigenvalue weighted by molar-refractivity contribution is -0.137. The first kappa shape index (κ1) is 14.0. The number of halogens is 3. The minimum absolute atomic E-state index is 0.346. The van der Waals surface area contributed by atoms with Crippen molar-refractivity contribution in [3.05, 3.63) is 23.9 Å². The topological polar surface area (TPSA) is 42.1 Å². The summed E-state index contributed by atoms with van der Waals surface area (Å²) >= 11 is 4.82. The van der Waals surface area contributed by atoms with Crippen LogP contribution in [0.1, 0.15) is 24.8 Å². The third-order valence-corrected chi connectivity index (χ3v) is 3.16. The van der Waals surface area contributed by atoms with E-state index in [-0.39, 0.29) is 0 Å². The van der Waals surface area contributed by atoms with E-state index in [2.05, 4.69) is 4.98 Å². The number of hydrogen-bond acceptors (Lipinski definition) is 3. The molecule has 1 saturated carbocycles. The normalized spacial score (nSPS) is 15.3. The molecule has 1 fully saturated rings. The van der Waals surface area contributed by atoms with E-state index in [4.69, 9.17) is 18.0 Å². The van der Waals surface area contributed by atoms with Crippen molar-refractivity contribution in [2.45, 2.75) is 31.5 Å². The van der Waals surface area contributed by atoms with Gasteiger partial charge in [0.1, 0.15) is 5.82 Å². The van der Waals surface area contributed by atoms with Crippen LogP contribution in [0.3, 0.4) is 0 Å². The molecule has 0 aliphatic heterocycles. The molecule has 1 aromatic rings. The Morgan fingerprint density at radius 1 is 1.42 bits per heavy atom. The van der Waals surface area contributed by atoms with Crippen molar-refractivity contribution in [2.24, 2.45) is 5.73 Å². The van der Waals surface area contributed by atoms with Crippen molar-refractivity contribution in [3.63, 3.8) is 0 Å². The summed E-state index contributed by atoms with van der Waals surface area (Å²) in [6.07, 6.45) is -0.894. The lowest BCUT2D eigenvalue weighted by Crippen LogP contribution is -2.30. The van der Waals surface area contributed by atoms with Crippen LogP contribution in [-0.4, -0.2) is 22.6 Å². The van der Waals surface area contributed by atoms with Gasteiger partial charge in [-0.2, -0.15) is 13.2 Å². The number of anilines is 1. The molecule has 0 spiro atoms. The number of thiocarbonyl (C=S) groups is 1. The SMILES string of the molecule is NC(=S)CCN(c1ccc(C(F)(F)F)cn1)C1CC1. The predicted octanol–water partition coefficient (Wildman–Crippen LogP) is 2.75. The molecule has 0 aromatic carbocycles. The van der Waals surface area contributed by atoms with Crippen LogP contribution in [0.2, 0.25) is 0 Å². The molecule has 1 aliphatic rings. The summed E-state index contributed by atoms with van der Waals surface area (Å²) in [4.78, 5) is 6.28. The molecule has 1 aliphatic carbocycles. The van der Waals surface area contributed by atoms with Crippen LogP contribution in [0.25, 0.3) is 0 Å². The molecule has 7 heteroatoms. The Bertz CT molecular complexity index is 454. The Hall–Kier alpha value is -1.37. The highest BCUT2D eigenvalue weighted by atomic mass is 32.1. The van der Waals surface area contributed by atoms with Crippen molar-refractivity contribution >= 4 is 23.0 Å². The highest BCUT2D eigenvalue weighted by Gasteiger charge is 2.33. The smallest absolute Gasteiger partial charge is 0.393 e. The molecule has 0 bridgehead atoms. The number of nitrogens with zero attached hydrogens (tertiary/aromatic N) is 2. The zero-order valence-electron chi connectivity index (χ0n) is 10.2. The van der Waals surface area contributed by atoms with E-state index in [1.54, 1.807) is 0 Å².